The van der Waals surface area contributed by atoms with E-state index in [0.717, 1.165) is 50.9 Å². The molecule has 3 heteroatoms. The van der Waals surface area contributed by atoms with E-state index in [1.165, 1.54) is 6.42 Å². The third-order valence-electron chi connectivity index (χ3n) is 4.63. The molecule has 0 heterocycles. The van der Waals surface area contributed by atoms with E-state index < -0.39 is 5.60 Å². The normalized spacial score (nSPS) is 43.6. The minimum atomic E-state index is -0.524. The van der Waals surface area contributed by atoms with Gasteiger partial charge in [-0.25, -0.2) is 0 Å². The summed E-state index contributed by atoms with van der Waals surface area (Å²) in [6.45, 7) is 2.92. The van der Waals surface area contributed by atoms with Crippen LogP contribution in [0, 0.1) is 5.92 Å². The van der Waals surface area contributed by atoms with E-state index in [2.05, 4.69) is 12.2 Å². The van der Waals surface area contributed by atoms with Crippen molar-refractivity contribution < 1.29 is 10.2 Å². The molecule has 2 saturated carbocycles. The van der Waals surface area contributed by atoms with Crippen molar-refractivity contribution in [3.8, 4) is 0 Å². The number of aliphatic hydroxyl groups is 2. The SMILES string of the molecule is CC1CCC(O)(CNC2CCCCC2O)CC1. The van der Waals surface area contributed by atoms with Gasteiger partial charge in [-0.2, -0.15) is 0 Å². The summed E-state index contributed by atoms with van der Waals surface area (Å²) < 4.78 is 0. The molecule has 0 saturated heterocycles. The summed E-state index contributed by atoms with van der Waals surface area (Å²) in [6, 6.07) is 0.201. The second-order valence-corrected chi connectivity index (χ2v) is 6.25. The van der Waals surface area contributed by atoms with Gasteiger partial charge in [-0.05, 0) is 44.4 Å². The molecule has 0 amide bonds. The summed E-state index contributed by atoms with van der Waals surface area (Å²) in [4.78, 5) is 0. The summed E-state index contributed by atoms with van der Waals surface area (Å²) >= 11 is 0. The van der Waals surface area contributed by atoms with E-state index >= 15 is 0 Å². The van der Waals surface area contributed by atoms with Crippen LogP contribution < -0.4 is 5.32 Å². The zero-order valence-corrected chi connectivity index (χ0v) is 11.0. The number of rotatable bonds is 3. The molecule has 2 aliphatic carbocycles. The Morgan fingerprint density at radius 2 is 1.76 bits per heavy atom. The van der Waals surface area contributed by atoms with E-state index in [0.29, 0.717) is 6.54 Å². The Kier molecular flexibility index (Phi) is 4.45. The molecule has 0 aromatic carbocycles. The van der Waals surface area contributed by atoms with Gasteiger partial charge in [-0.1, -0.05) is 19.8 Å². The Hall–Kier alpha value is -0.120. The number of aliphatic hydroxyl groups excluding tert-OH is 1. The molecule has 3 nitrogen and oxygen atoms in total. The van der Waals surface area contributed by atoms with E-state index in [4.69, 9.17) is 0 Å². The van der Waals surface area contributed by atoms with Crippen LogP contribution in [0.5, 0.6) is 0 Å². The molecule has 2 atom stereocenters. The van der Waals surface area contributed by atoms with Crippen molar-refractivity contribution in [3.63, 3.8) is 0 Å². The summed E-state index contributed by atoms with van der Waals surface area (Å²) in [5.74, 6) is 0.760. The first-order valence-electron chi connectivity index (χ1n) is 7.23. The van der Waals surface area contributed by atoms with Crippen molar-refractivity contribution in [1.82, 2.24) is 5.32 Å². The van der Waals surface area contributed by atoms with Crippen LogP contribution in [0.4, 0.5) is 0 Å². The van der Waals surface area contributed by atoms with E-state index in [-0.39, 0.29) is 12.1 Å². The van der Waals surface area contributed by atoms with Crippen LogP contribution in [0.25, 0.3) is 0 Å². The van der Waals surface area contributed by atoms with Crippen molar-refractivity contribution in [3.05, 3.63) is 0 Å². The molecule has 2 rings (SSSR count). The number of hydrogen-bond acceptors (Lipinski definition) is 3. The van der Waals surface area contributed by atoms with Gasteiger partial charge in [-0.3, -0.25) is 0 Å². The van der Waals surface area contributed by atoms with Gasteiger partial charge >= 0.3 is 0 Å². The van der Waals surface area contributed by atoms with Gasteiger partial charge in [0.2, 0.25) is 0 Å². The first-order chi connectivity index (χ1) is 8.09. The topological polar surface area (TPSA) is 52.5 Å². The maximum Gasteiger partial charge on any atom is 0.0771 e. The van der Waals surface area contributed by atoms with Gasteiger partial charge in [0.05, 0.1) is 11.7 Å². The molecular formula is C14H27NO2. The fraction of sp³-hybridized carbons (Fsp3) is 1.00. The fourth-order valence-electron chi connectivity index (χ4n) is 3.15. The molecule has 0 bridgehead atoms. The lowest BCUT2D eigenvalue weighted by molar-refractivity contribution is -0.0152. The summed E-state index contributed by atoms with van der Waals surface area (Å²) in [7, 11) is 0. The molecule has 0 aromatic heterocycles. The quantitative estimate of drug-likeness (QED) is 0.706. The fourth-order valence-corrected chi connectivity index (χ4v) is 3.15. The van der Waals surface area contributed by atoms with Gasteiger partial charge in [0.25, 0.3) is 0 Å². The summed E-state index contributed by atoms with van der Waals surface area (Å²) in [6.07, 6.45) is 8.16. The maximum atomic E-state index is 10.5. The third-order valence-corrected chi connectivity index (χ3v) is 4.63. The van der Waals surface area contributed by atoms with Crippen molar-refractivity contribution >= 4 is 0 Å². The molecule has 0 aromatic rings. The highest BCUT2D eigenvalue weighted by atomic mass is 16.3. The second-order valence-electron chi connectivity index (χ2n) is 6.25. The molecule has 0 spiro atoms. The summed E-state index contributed by atoms with van der Waals surface area (Å²) in [5, 5.41) is 23.7. The highest BCUT2D eigenvalue weighted by molar-refractivity contribution is 4.89. The van der Waals surface area contributed by atoms with Crippen LogP contribution in [0.1, 0.15) is 58.3 Å². The van der Waals surface area contributed by atoms with Gasteiger partial charge in [0.1, 0.15) is 0 Å². The van der Waals surface area contributed by atoms with Gasteiger partial charge in [0, 0.05) is 12.6 Å². The van der Waals surface area contributed by atoms with E-state index in [1.54, 1.807) is 0 Å². The smallest absolute Gasteiger partial charge is 0.0771 e. The lowest BCUT2D eigenvalue weighted by atomic mass is 9.79. The highest BCUT2D eigenvalue weighted by Gasteiger charge is 2.33. The molecule has 100 valence electrons. The van der Waals surface area contributed by atoms with Crippen molar-refractivity contribution in [2.75, 3.05) is 6.54 Å². The van der Waals surface area contributed by atoms with Crippen LogP contribution in [0.15, 0.2) is 0 Å². The average Bonchev–Trinajstić information content (AvgIpc) is 2.33. The van der Waals surface area contributed by atoms with E-state index in [9.17, 15) is 10.2 Å². The first-order valence-corrected chi connectivity index (χ1v) is 7.23. The Balaban J connectivity index is 1.76. The minimum Gasteiger partial charge on any atom is -0.392 e. The Morgan fingerprint density at radius 1 is 1.12 bits per heavy atom. The lowest BCUT2D eigenvalue weighted by Crippen LogP contribution is -2.50. The molecule has 0 radical (unpaired) electrons. The predicted molar refractivity (Wildman–Crippen MR) is 68.8 cm³/mol. The lowest BCUT2D eigenvalue weighted by Gasteiger charge is -2.37. The summed E-state index contributed by atoms with van der Waals surface area (Å²) in [5.41, 5.74) is -0.524. The second kappa shape index (κ2) is 5.68. The number of hydrogen-bond donors (Lipinski definition) is 3. The molecule has 3 N–H and O–H groups in total. The zero-order valence-electron chi connectivity index (χ0n) is 11.0. The van der Waals surface area contributed by atoms with Crippen molar-refractivity contribution in [2.45, 2.75) is 76.0 Å². The van der Waals surface area contributed by atoms with Crippen LogP contribution in [-0.4, -0.2) is 34.5 Å². The van der Waals surface area contributed by atoms with Crippen LogP contribution in [-0.2, 0) is 0 Å². The largest absolute Gasteiger partial charge is 0.392 e. The van der Waals surface area contributed by atoms with Crippen molar-refractivity contribution in [2.24, 2.45) is 5.92 Å². The maximum absolute atomic E-state index is 10.5. The van der Waals surface area contributed by atoms with E-state index in [1.807, 2.05) is 0 Å². The zero-order chi connectivity index (χ0) is 12.3. The van der Waals surface area contributed by atoms with Crippen LogP contribution >= 0.6 is 0 Å². The first kappa shape index (κ1) is 13.3. The van der Waals surface area contributed by atoms with Gasteiger partial charge < -0.3 is 15.5 Å². The Bertz CT molecular complexity index is 236. The van der Waals surface area contributed by atoms with Crippen molar-refractivity contribution in [1.29, 1.82) is 0 Å². The number of nitrogens with one attached hydrogen (secondary N) is 1. The Morgan fingerprint density at radius 3 is 2.41 bits per heavy atom. The average molecular weight is 241 g/mol. The molecule has 0 aliphatic heterocycles. The standard InChI is InChI=1S/C14H27NO2/c1-11-6-8-14(17,9-7-11)10-15-12-4-2-3-5-13(12)16/h11-13,15-17H,2-10H2,1H3. The van der Waals surface area contributed by atoms with Crippen LogP contribution in [0.2, 0.25) is 0 Å². The Labute approximate surface area is 105 Å². The third kappa shape index (κ3) is 3.67. The predicted octanol–water partition coefficient (Wildman–Crippen LogP) is 1.82. The molecule has 2 unspecified atom stereocenters. The van der Waals surface area contributed by atoms with Crippen LogP contribution in [0.3, 0.4) is 0 Å². The molecular weight excluding hydrogens is 214 g/mol. The van der Waals surface area contributed by atoms with Gasteiger partial charge in [0.15, 0.2) is 0 Å². The highest BCUT2D eigenvalue weighted by Crippen LogP contribution is 2.31. The molecule has 2 aliphatic rings. The minimum absolute atomic E-state index is 0.201. The molecule has 2 fully saturated rings. The molecule has 17 heavy (non-hydrogen) atoms. The van der Waals surface area contributed by atoms with Gasteiger partial charge in [-0.15, -0.1) is 0 Å². The monoisotopic (exact) mass is 241 g/mol.